The number of nitrogens with zero attached hydrogens (tertiary/aromatic N) is 5. The Kier molecular flexibility index (Phi) is 5.97. The topological polar surface area (TPSA) is 103 Å². The molecule has 12 heteroatoms. The second-order valence-electron chi connectivity index (χ2n) is 8.94. The van der Waals surface area contributed by atoms with Crippen molar-refractivity contribution in [3.05, 3.63) is 76.0 Å². The number of hydrogen-bond acceptors (Lipinski definition) is 6. The number of esters is 1. The lowest BCUT2D eigenvalue weighted by atomic mass is 10.1. The Morgan fingerprint density at radius 3 is 2.54 bits per heavy atom. The fourth-order valence-electron chi connectivity index (χ4n) is 4.23. The number of fused-ring (bicyclic) bond motifs is 1. The molecular formula is C25H23F3N6O3. The molecule has 192 valence electrons. The fraction of sp³-hybridized carbons (Fsp3) is 0.320. The van der Waals surface area contributed by atoms with Crippen molar-refractivity contribution in [1.29, 1.82) is 0 Å². The van der Waals surface area contributed by atoms with Gasteiger partial charge in [-0.15, -0.1) is 0 Å². The van der Waals surface area contributed by atoms with E-state index in [2.05, 4.69) is 20.5 Å². The van der Waals surface area contributed by atoms with Crippen LogP contribution in [0.3, 0.4) is 0 Å². The molecule has 1 fully saturated rings. The summed E-state index contributed by atoms with van der Waals surface area (Å²) >= 11 is 0. The van der Waals surface area contributed by atoms with E-state index in [1.807, 2.05) is 0 Å². The van der Waals surface area contributed by atoms with Crippen molar-refractivity contribution in [2.75, 3.05) is 12.4 Å². The average Bonchev–Trinajstić information content (AvgIpc) is 3.57. The number of benzene rings is 1. The van der Waals surface area contributed by atoms with Gasteiger partial charge in [0, 0.05) is 17.7 Å². The molecule has 0 saturated heterocycles. The molecule has 0 atom stereocenters. The van der Waals surface area contributed by atoms with Gasteiger partial charge in [0.1, 0.15) is 5.69 Å². The molecular weight excluding hydrogens is 489 g/mol. The Balaban J connectivity index is 1.44. The molecule has 3 aromatic heterocycles. The van der Waals surface area contributed by atoms with Crippen LogP contribution in [0, 0.1) is 13.8 Å². The van der Waals surface area contributed by atoms with Crippen LogP contribution in [0.4, 0.5) is 18.9 Å². The van der Waals surface area contributed by atoms with Crippen molar-refractivity contribution < 1.29 is 27.5 Å². The minimum Gasteiger partial charge on any atom is -0.465 e. The van der Waals surface area contributed by atoms with Crippen molar-refractivity contribution in [3.63, 3.8) is 0 Å². The first-order chi connectivity index (χ1) is 17.6. The Labute approximate surface area is 209 Å². The van der Waals surface area contributed by atoms with E-state index < -0.39 is 23.7 Å². The van der Waals surface area contributed by atoms with Gasteiger partial charge in [0.05, 0.1) is 36.3 Å². The van der Waals surface area contributed by atoms with Crippen molar-refractivity contribution in [2.24, 2.45) is 0 Å². The summed E-state index contributed by atoms with van der Waals surface area (Å²) in [5, 5.41) is 11.1. The van der Waals surface area contributed by atoms with Gasteiger partial charge in [-0.2, -0.15) is 23.4 Å². The number of anilines is 1. The van der Waals surface area contributed by atoms with E-state index in [4.69, 9.17) is 4.74 Å². The third kappa shape index (κ3) is 4.66. The maximum atomic E-state index is 13.7. The van der Waals surface area contributed by atoms with Crippen LogP contribution in [0.25, 0.3) is 5.65 Å². The van der Waals surface area contributed by atoms with E-state index in [1.54, 1.807) is 42.8 Å². The summed E-state index contributed by atoms with van der Waals surface area (Å²) in [5.74, 6) is -1.17. The molecule has 1 amide bonds. The number of aromatic nitrogens is 5. The molecule has 0 bridgehead atoms. The Hall–Kier alpha value is -4.22. The molecule has 3 heterocycles. The second kappa shape index (κ2) is 9.02. The minimum absolute atomic E-state index is 0.00118. The number of nitrogens with one attached hydrogen (secondary N) is 1. The van der Waals surface area contributed by atoms with Crippen LogP contribution in [0.5, 0.6) is 0 Å². The van der Waals surface area contributed by atoms with Crippen LogP contribution in [0.15, 0.2) is 36.4 Å². The third-order valence-corrected chi connectivity index (χ3v) is 6.33. The lowest BCUT2D eigenvalue weighted by Gasteiger charge is -2.10. The normalized spacial score (nSPS) is 13.7. The Morgan fingerprint density at radius 2 is 1.86 bits per heavy atom. The molecule has 1 saturated carbocycles. The molecule has 1 aliphatic rings. The van der Waals surface area contributed by atoms with Crippen LogP contribution in [-0.4, -0.2) is 43.4 Å². The van der Waals surface area contributed by atoms with Crippen molar-refractivity contribution in [3.8, 4) is 0 Å². The van der Waals surface area contributed by atoms with E-state index >= 15 is 0 Å². The highest BCUT2D eigenvalue weighted by Gasteiger charge is 2.37. The molecule has 0 spiro atoms. The molecule has 0 radical (unpaired) electrons. The van der Waals surface area contributed by atoms with E-state index in [0.29, 0.717) is 38.4 Å². The van der Waals surface area contributed by atoms with Gasteiger partial charge < -0.3 is 10.1 Å². The number of carbonyl (C=O) groups excluding carboxylic acids is 2. The Bertz CT molecular complexity index is 1530. The molecule has 0 unspecified atom stereocenters. The molecule has 5 rings (SSSR count). The molecule has 1 aliphatic carbocycles. The monoisotopic (exact) mass is 512 g/mol. The first-order valence-electron chi connectivity index (χ1n) is 11.6. The van der Waals surface area contributed by atoms with Gasteiger partial charge in [0.2, 0.25) is 0 Å². The van der Waals surface area contributed by atoms with E-state index in [0.717, 1.165) is 18.9 Å². The molecule has 1 aromatic carbocycles. The lowest BCUT2D eigenvalue weighted by Crippen LogP contribution is -2.16. The quantitative estimate of drug-likeness (QED) is 0.381. The maximum absolute atomic E-state index is 13.7. The molecule has 37 heavy (non-hydrogen) atoms. The summed E-state index contributed by atoms with van der Waals surface area (Å²) in [4.78, 5) is 29.5. The first kappa shape index (κ1) is 24.5. The third-order valence-electron chi connectivity index (χ3n) is 6.33. The summed E-state index contributed by atoms with van der Waals surface area (Å²) in [6.45, 7) is 3.68. The van der Waals surface area contributed by atoms with Crippen LogP contribution in [0.1, 0.15) is 67.9 Å². The minimum atomic E-state index is -4.65. The molecule has 9 nitrogen and oxygen atoms in total. The van der Waals surface area contributed by atoms with Crippen LogP contribution < -0.4 is 5.32 Å². The van der Waals surface area contributed by atoms with E-state index in [9.17, 15) is 22.8 Å². The van der Waals surface area contributed by atoms with Gasteiger partial charge in [0.25, 0.3) is 5.91 Å². The van der Waals surface area contributed by atoms with E-state index in [1.165, 1.54) is 13.2 Å². The summed E-state index contributed by atoms with van der Waals surface area (Å²) in [5.41, 5.74) is 1.71. The second-order valence-corrected chi connectivity index (χ2v) is 8.94. The summed E-state index contributed by atoms with van der Waals surface area (Å²) in [7, 11) is 1.30. The number of methoxy groups -OCH3 is 1. The predicted octanol–water partition coefficient (Wildman–Crippen LogP) is 4.53. The van der Waals surface area contributed by atoms with Gasteiger partial charge in [-0.05, 0) is 44.4 Å². The first-order valence-corrected chi connectivity index (χ1v) is 11.6. The fourth-order valence-corrected chi connectivity index (χ4v) is 4.23. The average molecular weight is 512 g/mol. The van der Waals surface area contributed by atoms with Crippen molar-refractivity contribution >= 4 is 23.2 Å². The largest absolute Gasteiger partial charge is 0.465 e. The number of hydrogen-bond donors (Lipinski definition) is 1. The number of carbonyl (C=O) groups is 2. The van der Waals surface area contributed by atoms with Crippen LogP contribution in [-0.2, 0) is 17.5 Å². The number of halogens is 3. The van der Waals surface area contributed by atoms with Crippen molar-refractivity contribution in [2.45, 2.75) is 45.3 Å². The van der Waals surface area contributed by atoms with Crippen LogP contribution >= 0.6 is 0 Å². The SMILES string of the molecule is COC(=O)c1ccccc1Cn1nc(C)c(NC(=O)c2cc3nc(C4CC4)cc(C(F)(F)F)n3n2)c1C. The number of rotatable bonds is 6. The van der Waals surface area contributed by atoms with Crippen molar-refractivity contribution in [1.82, 2.24) is 24.4 Å². The highest BCUT2D eigenvalue weighted by molar-refractivity contribution is 6.04. The summed E-state index contributed by atoms with van der Waals surface area (Å²) in [6.07, 6.45) is -3.08. The van der Waals surface area contributed by atoms with Gasteiger partial charge in [-0.1, -0.05) is 18.2 Å². The zero-order valence-corrected chi connectivity index (χ0v) is 20.3. The van der Waals surface area contributed by atoms with Gasteiger partial charge in [-0.25, -0.2) is 14.3 Å². The summed E-state index contributed by atoms with van der Waals surface area (Å²) in [6, 6.07) is 9.19. The zero-order chi connectivity index (χ0) is 26.5. The number of aryl methyl sites for hydroxylation is 1. The molecule has 0 aliphatic heterocycles. The van der Waals surface area contributed by atoms with Gasteiger partial charge in [-0.3, -0.25) is 9.48 Å². The number of amides is 1. The highest BCUT2D eigenvalue weighted by atomic mass is 19.4. The molecule has 1 N–H and O–H groups in total. The maximum Gasteiger partial charge on any atom is 0.433 e. The lowest BCUT2D eigenvalue weighted by molar-refractivity contribution is -0.142. The van der Waals surface area contributed by atoms with E-state index in [-0.39, 0.29) is 23.8 Å². The van der Waals surface area contributed by atoms with Gasteiger partial charge in [0.15, 0.2) is 11.3 Å². The van der Waals surface area contributed by atoms with Gasteiger partial charge >= 0.3 is 12.1 Å². The summed E-state index contributed by atoms with van der Waals surface area (Å²) < 4.78 is 48.2. The zero-order valence-electron chi connectivity index (χ0n) is 20.3. The predicted molar refractivity (Wildman–Crippen MR) is 127 cm³/mol. The standard InChI is InChI=1S/C25H23F3N6O3/c1-13-22(14(2)33(31-13)12-16-6-4-5-7-17(16)24(36)37-3)30-23(35)19-11-21-29-18(15-8-9-15)10-20(25(26,27)28)34(21)32-19/h4-7,10-11,15H,8-9,12H2,1-3H3,(H,30,35). The van der Waals surface area contributed by atoms with Crippen LogP contribution in [0.2, 0.25) is 0 Å². The number of alkyl halides is 3. The highest BCUT2D eigenvalue weighted by Crippen LogP contribution is 2.41. The number of ether oxygens (including phenoxy) is 1. The Morgan fingerprint density at radius 1 is 1.14 bits per heavy atom. The molecule has 4 aromatic rings. The smallest absolute Gasteiger partial charge is 0.433 e.